The standard InChI is InChI=1S/C18H23FN4OS/c1-22(13-14-4-6-15(19)7-5-14)10-11-23-9-2-3-16(23)17(24)21-18-20-8-12-25-18/h4-8,12,16H,2-3,9-11,13H2,1H3,(H,20,21,24). The van der Waals surface area contributed by atoms with Gasteiger partial charge in [-0.2, -0.15) is 0 Å². The Hall–Kier alpha value is -1.83. The number of rotatable bonds is 7. The van der Waals surface area contributed by atoms with Crippen molar-refractivity contribution in [1.29, 1.82) is 0 Å². The van der Waals surface area contributed by atoms with E-state index >= 15 is 0 Å². The van der Waals surface area contributed by atoms with Gasteiger partial charge in [0.25, 0.3) is 0 Å². The Bertz CT molecular complexity index is 677. The average molecular weight is 362 g/mol. The molecule has 1 aliphatic rings. The van der Waals surface area contributed by atoms with Crippen molar-refractivity contribution in [3.8, 4) is 0 Å². The molecule has 1 N–H and O–H groups in total. The van der Waals surface area contributed by atoms with Gasteiger partial charge in [0.1, 0.15) is 5.82 Å². The first kappa shape index (κ1) is 18.0. The van der Waals surface area contributed by atoms with Crippen molar-refractivity contribution in [2.75, 3.05) is 32.0 Å². The molecule has 3 rings (SSSR count). The zero-order chi connectivity index (χ0) is 17.6. The number of hydrogen-bond donors (Lipinski definition) is 1. The minimum Gasteiger partial charge on any atom is -0.301 e. The SMILES string of the molecule is CN(CCN1CCCC1C(=O)Nc1nccs1)Cc1ccc(F)cc1. The number of hydrogen-bond acceptors (Lipinski definition) is 5. The van der Waals surface area contributed by atoms with Crippen molar-refractivity contribution in [2.24, 2.45) is 0 Å². The molecule has 1 saturated heterocycles. The highest BCUT2D eigenvalue weighted by Crippen LogP contribution is 2.20. The fourth-order valence-corrected chi connectivity index (χ4v) is 3.68. The Balaban J connectivity index is 1.47. The van der Waals surface area contributed by atoms with Crippen LogP contribution in [0.1, 0.15) is 18.4 Å². The fraction of sp³-hybridized carbons (Fsp3) is 0.444. The second kappa shape index (κ2) is 8.51. The number of thiazole rings is 1. The van der Waals surface area contributed by atoms with Crippen molar-refractivity contribution in [3.05, 3.63) is 47.2 Å². The van der Waals surface area contributed by atoms with Crippen molar-refractivity contribution >= 4 is 22.4 Å². The summed E-state index contributed by atoms with van der Waals surface area (Å²) in [6, 6.07) is 6.52. The Morgan fingerprint density at radius 1 is 1.44 bits per heavy atom. The summed E-state index contributed by atoms with van der Waals surface area (Å²) in [5.74, 6) is -0.175. The van der Waals surface area contributed by atoms with Crippen LogP contribution in [0.2, 0.25) is 0 Å². The largest absolute Gasteiger partial charge is 0.301 e. The summed E-state index contributed by atoms with van der Waals surface area (Å²) in [4.78, 5) is 21.0. The molecule has 0 radical (unpaired) electrons. The topological polar surface area (TPSA) is 48.5 Å². The maximum absolute atomic E-state index is 13.0. The summed E-state index contributed by atoms with van der Waals surface area (Å²) in [6.45, 7) is 3.41. The highest BCUT2D eigenvalue weighted by molar-refractivity contribution is 7.13. The van der Waals surface area contributed by atoms with Crippen LogP contribution < -0.4 is 5.32 Å². The van der Waals surface area contributed by atoms with Gasteiger partial charge in [-0.15, -0.1) is 11.3 Å². The molecule has 1 aromatic carbocycles. The number of nitrogens with zero attached hydrogens (tertiary/aromatic N) is 3. The Morgan fingerprint density at radius 2 is 2.24 bits per heavy atom. The van der Waals surface area contributed by atoms with Gasteiger partial charge in [0.15, 0.2) is 5.13 Å². The molecule has 1 amide bonds. The minimum atomic E-state index is -0.211. The molecule has 5 nitrogen and oxygen atoms in total. The second-order valence-electron chi connectivity index (χ2n) is 6.38. The van der Waals surface area contributed by atoms with Crippen LogP contribution in [0.5, 0.6) is 0 Å². The van der Waals surface area contributed by atoms with E-state index in [1.807, 2.05) is 24.6 Å². The number of amides is 1. The van der Waals surface area contributed by atoms with Gasteiger partial charge in [-0.05, 0) is 44.1 Å². The molecule has 7 heteroatoms. The lowest BCUT2D eigenvalue weighted by atomic mass is 10.2. The molecule has 0 aliphatic carbocycles. The maximum Gasteiger partial charge on any atom is 0.243 e. The molecule has 1 unspecified atom stereocenters. The summed E-state index contributed by atoms with van der Waals surface area (Å²) in [5.41, 5.74) is 1.09. The van der Waals surface area contributed by atoms with Crippen molar-refractivity contribution in [1.82, 2.24) is 14.8 Å². The monoisotopic (exact) mass is 362 g/mol. The molecule has 2 heterocycles. The van der Waals surface area contributed by atoms with Crippen LogP contribution in [0.15, 0.2) is 35.8 Å². The Labute approximate surface area is 151 Å². The van der Waals surface area contributed by atoms with E-state index in [1.165, 1.54) is 23.5 Å². The maximum atomic E-state index is 13.0. The van der Waals surface area contributed by atoms with Crippen molar-refractivity contribution < 1.29 is 9.18 Å². The molecule has 0 spiro atoms. The number of carbonyl (C=O) groups excluding carboxylic acids is 1. The third-order valence-electron chi connectivity index (χ3n) is 4.46. The van der Waals surface area contributed by atoms with E-state index in [-0.39, 0.29) is 17.8 Å². The van der Waals surface area contributed by atoms with Crippen LogP contribution in [0.4, 0.5) is 9.52 Å². The third-order valence-corrected chi connectivity index (χ3v) is 5.15. The summed E-state index contributed by atoms with van der Waals surface area (Å²) in [5, 5.41) is 5.42. The molecular formula is C18H23FN4OS. The number of carbonyl (C=O) groups is 1. The van der Waals surface area contributed by atoms with Gasteiger partial charge in [-0.3, -0.25) is 9.69 Å². The van der Waals surface area contributed by atoms with Crippen molar-refractivity contribution in [3.63, 3.8) is 0 Å². The van der Waals surface area contributed by atoms with Gasteiger partial charge in [0.2, 0.25) is 5.91 Å². The van der Waals surface area contributed by atoms with Crippen LogP contribution in [0, 0.1) is 5.82 Å². The quantitative estimate of drug-likeness (QED) is 0.823. The van der Waals surface area contributed by atoms with Gasteiger partial charge in [0, 0.05) is 31.2 Å². The van der Waals surface area contributed by atoms with E-state index in [2.05, 4.69) is 20.1 Å². The van der Waals surface area contributed by atoms with Gasteiger partial charge in [-0.25, -0.2) is 9.37 Å². The Kier molecular flexibility index (Phi) is 6.12. The first-order valence-corrected chi connectivity index (χ1v) is 9.37. The zero-order valence-corrected chi connectivity index (χ0v) is 15.1. The molecule has 2 aromatic rings. The molecule has 134 valence electrons. The van der Waals surface area contributed by atoms with E-state index in [1.54, 1.807) is 6.20 Å². The second-order valence-corrected chi connectivity index (χ2v) is 7.28. The lowest BCUT2D eigenvalue weighted by molar-refractivity contribution is -0.120. The van der Waals surface area contributed by atoms with Gasteiger partial charge < -0.3 is 10.2 Å². The fourth-order valence-electron chi connectivity index (χ4n) is 3.14. The number of nitrogens with one attached hydrogen (secondary N) is 1. The van der Waals surface area contributed by atoms with E-state index < -0.39 is 0 Å². The van der Waals surface area contributed by atoms with E-state index in [0.29, 0.717) is 5.13 Å². The van der Waals surface area contributed by atoms with E-state index in [9.17, 15) is 9.18 Å². The normalized spacial score (nSPS) is 18.0. The third kappa shape index (κ3) is 5.07. The van der Waals surface area contributed by atoms with Crippen molar-refractivity contribution in [2.45, 2.75) is 25.4 Å². The lowest BCUT2D eigenvalue weighted by Crippen LogP contribution is -2.42. The number of anilines is 1. The number of likely N-dealkylation sites (N-methyl/N-ethyl adjacent to an activating group) is 1. The Morgan fingerprint density at radius 3 is 2.96 bits per heavy atom. The molecule has 1 aromatic heterocycles. The highest BCUT2D eigenvalue weighted by Gasteiger charge is 2.30. The van der Waals surface area contributed by atoms with Gasteiger partial charge in [0.05, 0.1) is 6.04 Å². The molecule has 0 saturated carbocycles. The van der Waals surface area contributed by atoms with Gasteiger partial charge in [-0.1, -0.05) is 12.1 Å². The molecule has 0 bridgehead atoms. The summed E-state index contributed by atoms with van der Waals surface area (Å²) in [6.07, 6.45) is 3.62. The molecule has 1 aliphatic heterocycles. The highest BCUT2D eigenvalue weighted by atomic mass is 32.1. The van der Waals surface area contributed by atoms with Crippen LogP contribution in [0.3, 0.4) is 0 Å². The number of likely N-dealkylation sites (tertiary alicyclic amines) is 1. The van der Waals surface area contributed by atoms with Crippen LogP contribution in [0.25, 0.3) is 0 Å². The molecule has 1 atom stereocenters. The predicted molar refractivity (Wildman–Crippen MR) is 98.1 cm³/mol. The van der Waals surface area contributed by atoms with Crippen LogP contribution >= 0.6 is 11.3 Å². The van der Waals surface area contributed by atoms with Gasteiger partial charge >= 0.3 is 0 Å². The smallest absolute Gasteiger partial charge is 0.243 e. The summed E-state index contributed by atoms with van der Waals surface area (Å²) >= 11 is 1.44. The van der Waals surface area contributed by atoms with E-state index in [4.69, 9.17) is 0 Å². The molecule has 1 fully saturated rings. The van der Waals surface area contributed by atoms with E-state index in [0.717, 1.165) is 44.6 Å². The number of benzene rings is 1. The zero-order valence-electron chi connectivity index (χ0n) is 14.3. The first-order valence-electron chi connectivity index (χ1n) is 8.49. The van der Waals surface area contributed by atoms with Crippen LogP contribution in [-0.4, -0.2) is 53.4 Å². The molecular weight excluding hydrogens is 339 g/mol. The lowest BCUT2D eigenvalue weighted by Gasteiger charge is -2.26. The number of aromatic nitrogens is 1. The minimum absolute atomic E-state index is 0.0358. The average Bonchev–Trinajstić information content (AvgIpc) is 3.26. The molecule has 25 heavy (non-hydrogen) atoms. The predicted octanol–water partition coefficient (Wildman–Crippen LogP) is 2.82. The summed E-state index contributed by atoms with van der Waals surface area (Å²) in [7, 11) is 2.05. The summed E-state index contributed by atoms with van der Waals surface area (Å²) < 4.78 is 13.0. The van der Waals surface area contributed by atoms with Crippen LogP contribution in [-0.2, 0) is 11.3 Å². The number of halogens is 1. The first-order chi connectivity index (χ1) is 12.1.